The zero-order valence-corrected chi connectivity index (χ0v) is 17.0. The van der Waals surface area contributed by atoms with E-state index >= 15 is 0 Å². The van der Waals surface area contributed by atoms with Crippen molar-refractivity contribution in [3.05, 3.63) is 40.2 Å². The summed E-state index contributed by atoms with van der Waals surface area (Å²) in [6, 6.07) is 2.86. The van der Waals surface area contributed by atoms with E-state index in [0.29, 0.717) is 11.4 Å². The fraction of sp³-hybridized carbons (Fsp3) is 0.600. The van der Waals surface area contributed by atoms with Crippen LogP contribution in [0.5, 0.6) is 5.75 Å². The zero-order valence-electron chi connectivity index (χ0n) is 17.0. The summed E-state index contributed by atoms with van der Waals surface area (Å²) in [7, 11) is 1.39. The Morgan fingerprint density at radius 2 is 2.04 bits per heavy atom. The summed E-state index contributed by atoms with van der Waals surface area (Å²) >= 11 is 0. The first kappa shape index (κ1) is 25.8. The number of aryl methyl sites for hydroxylation is 1. The van der Waals surface area contributed by atoms with Gasteiger partial charge >= 0.3 is 5.69 Å². The number of allylic oxidation sites excluding steroid dienone is 1. The van der Waals surface area contributed by atoms with Gasteiger partial charge in [0.1, 0.15) is 11.8 Å². The van der Waals surface area contributed by atoms with Crippen LogP contribution in [0.2, 0.25) is 0 Å². The molecule has 0 saturated heterocycles. The van der Waals surface area contributed by atoms with Gasteiger partial charge in [-0.1, -0.05) is 59.5 Å². The lowest BCUT2D eigenvalue weighted by atomic mass is 10.0. The Morgan fingerprint density at radius 3 is 2.38 bits per heavy atom. The summed E-state index contributed by atoms with van der Waals surface area (Å²) in [6.45, 7) is 14.0. The molecule has 0 N–H and O–H groups in total. The number of nitrogens with zero attached hydrogens (tertiary/aromatic N) is 3. The average Bonchev–Trinajstić information content (AvgIpc) is 2.66. The van der Waals surface area contributed by atoms with Crippen LogP contribution >= 0.6 is 0 Å². The number of hydrogen-bond donors (Lipinski definition) is 0. The number of nitriles is 1. The minimum absolute atomic E-state index is 0.201. The van der Waals surface area contributed by atoms with E-state index < -0.39 is 4.92 Å². The first-order valence-corrected chi connectivity index (χ1v) is 9.03. The molecular weight excluding hydrogens is 330 g/mol. The Hall–Kier alpha value is -2.42. The van der Waals surface area contributed by atoms with Crippen molar-refractivity contribution >= 4 is 5.69 Å². The smallest absolute Gasteiger partial charge is 0.309 e. The van der Waals surface area contributed by atoms with Gasteiger partial charge in [-0.25, -0.2) is 4.98 Å². The fourth-order valence-electron chi connectivity index (χ4n) is 1.76. The van der Waals surface area contributed by atoms with Crippen molar-refractivity contribution < 1.29 is 9.66 Å². The molecule has 146 valence electrons. The van der Waals surface area contributed by atoms with E-state index in [0.717, 1.165) is 12.3 Å². The second kappa shape index (κ2) is 16.1. The van der Waals surface area contributed by atoms with E-state index in [9.17, 15) is 10.1 Å². The highest BCUT2D eigenvalue weighted by atomic mass is 16.6. The van der Waals surface area contributed by atoms with Crippen LogP contribution in [0, 0.1) is 34.3 Å². The van der Waals surface area contributed by atoms with Crippen molar-refractivity contribution in [3.63, 3.8) is 0 Å². The normalized spacial score (nSPS) is 10.2. The molecule has 0 saturated carbocycles. The molecule has 0 spiro atoms. The van der Waals surface area contributed by atoms with Gasteiger partial charge in [0, 0.05) is 0 Å². The third-order valence-electron chi connectivity index (χ3n) is 3.71. The summed E-state index contributed by atoms with van der Waals surface area (Å²) in [5, 5.41) is 19.1. The van der Waals surface area contributed by atoms with Gasteiger partial charge in [0.2, 0.25) is 5.69 Å². The number of ether oxygens (including phenoxy) is 1. The monoisotopic (exact) mass is 363 g/mol. The predicted molar refractivity (Wildman–Crippen MR) is 106 cm³/mol. The van der Waals surface area contributed by atoms with Gasteiger partial charge in [0.05, 0.1) is 23.8 Å². The molecule has 0 aromatic carbocycles. The van der Waals surface area contributed by atoms with Gasteiger partial charge in [-0.2, -0.15) is 5.26 Å². The Bertz CT molecular complexity index is 580. The van der Waals surface area contributed by atoms with Crippen LogP contribution in [0.1, 0.15) is 71.2 Å². The van der Waals surface area contributed by atoms with Gasteiger partial charge in [-0.3, -0.25) is 10.1 Å². The standard InChI is InChI=1S/C8H7N3O3.C8H18.C4H8/c1-5-8(14-2)3-7(11(12)13)6(4-9)10-5;1-4-6-7-8(3)5-2;1-3-4-2/h3H,1-2H3;8H,4-7H2,1-3H3;3H,1,4H2,2H3. The molecule has 6 nitrogen and oxygen atoms in total. The van der Waals surface area contributed by atoms with Crippen LogP contribution in [0.25, 0.3) is 0 Å². The van der Waals surface area contributed by atoms with Crippen LogP contribution in [-0.4, -0.2) is 17.0 Å². The van der Waals surface area contributed by atoms with Crippen LogP contribution in [0.15, 0.2) is 18.7 Å². The van der Waals surface area contributed by atoms with E-state index in [1.165, 1.54) is 38.9 Å². The van der Waals surface area contributed by atoms with Crippen molar-refractivity contribution in [2.45, 2.75) is 66.7 Å². The number of pyridine rings is 1. The molecule has 0 aliphatic rings. The van der Waals surface area contributed by atoms with Gasteiger partial charge in [0.25, 0.3) is 0 Å². The Labute approximate surface area is 158 Å². The Morgan fingerprint density at radius 1 is 1.46 bits per heavy atom. The van der Waals surface area contributed by atoms with Crippen molar-refractivity contribution in [2.24, 2.45) is 5.92 Å². The quantitative estimate of drug-likeness (QED) is 0.337. The average molecular weight is 364 g/mol. The molecule has 0 bridgehead atoms. The maximum atomic E-state index is 10.5. The Balaban J connectivity index is 0. The summed E-state index contributed by atoms with van der Waals surface area (Å²) < 4.78 is 4.86. The second-order valence-corrected chi connectivity index (χ2v) is 5.87. The highest BCUT2D eigenvalue weighted by Gasteiger charge is 2.18. The number of nitro groups is 1. The van der Waals surface area contributed by atoms with E-state index in [1.54, 1.807) is 13.0 Å². The van der Waals surface area contributed by atoms with Crippen molar-refractivity contribution in [1.29, 1.82) is 5.26 Å². The van der Waals surface area contributed by atoms with Crippen LogP contribution in [0.3, 0.4) is 0 Å². The molecule has 1 aromatic heterocycles. The molecule has 1 rings (SSSR count). The lowest BCUT2D eigenvalue weighted by Crippen LogP contribution is -1.99. The van der Waals surface area contributed by atoms with E-state index in [1.807, 2.05) is 6.08 Å². The van der Waals surface area contributed by atoms with Crippen molar-refractivity contribution in [3.8, 4) is 11.8 Å². The SMILES string of the molecule is C=CCC.CCCCC(C)CC.COc1cc([N+](=O)[O-])c(C#N)nc1C. The molecule has 0 aliphatic heterocycles. The molecule has 1 unspecified atom stereocenters. The lowest BCUT2D eigenvalue weighted by Gasteiger charge is -2.04. The maximum Gasteiger partial charge on any atom is 0.309 e. The van der Waals surface area contributed by atoms with Gasteiger partial charge in [-0.05, 0) is 19.3 Å². The highest BCUT2D eigenvalue weighted by molar-refractivity contribution is 5.49. The van der Waals surface area contributed by atoms with Crippen molar-refractivity contribution in [2.75, 3.05) is 7.11 Å². The van der Waals surface area contributed by atoms with E-state index in [4.69, 9.17) is 10.00 Å². The number of unbranched alkanes of at least 4 members (excludes halogenated alkanes) is 1. The van der Waals surface area contributed by atoms with Gasteiger partial charge in [-0.15, -0.1) is 6.58 Å². The first-order valence-electron chi connectivity index (χ1n) is 9.03. The van der Waals surface area contributed by atoms with Gasteiger partial charge in [0.15, 0.2) is 0 Å². The maximum absolute atomic E-state index is 10.5. The Kier molecular flexibility index (Phi) is 16.0. The molecule has 6 heteroatoms. The summed E-state index contributed by atoms with van der Waals surface area (Å²) in [5.41, 5.74) is -0.0853. The molecule has 0 aliphatic carbocycles. The molecule has 0 amide bonds. The number of aromatic nitrogens is 1. The zero-order chi connectivity index (χ0) is 20.5. The summed E-state index contributed by atoms with van der Waals surface area (Å²) in [6.07, 6.45) is 8.49. The molecule has 1 heterocycles. The molecular formula is C20H33N3O3. The number of rotatable bonds is 7. The number of methoxy groups -OCH3 is 1. The van der Waals surface area contributed by atoms with Crippen LogP contribution < -0.4 is 4.74 Å². The third kappa shape index (κ3) is 11.2. The molecule has 0 fully saturated rings. The molecule has 26 heavy (non-hydrogen) atoms. The van der Waals surface area contributed by atoms with Crippen molar-refractivity contribution in [1.82, 2.24) is 4.98 Å². The number of hydrogen-bond acceptors (Lipinski definition) is 5. The second-order valence-electron chi connectivity index (χ2n) is 5.87. The highest BCUT2D eigenvalue weighted by Crippen LogP contribution is 2.24. The molecule has 1 aromatic rings. The minimum Gasteiger partial charge on any atom is -0.495 e. The summed E-state index contributed by atoms with van der Waals surface area (Å²) in [5.74, 6) is 1.26. The van der Waals surface area contributed by atoms with Crippen LogP contribution in [-0.2, 0) is 0 Å². The topological polar surface area (TPSA) is 89.0 Å². The first-order chi connectivity index (χ1) is 12.3. The largest absolute Gasteiger partial charge is 0.495 e. The molecule has 1 atom stereocenters. The van der Waals surface area contributed by atoms with E-state index in [2.05, 4.69) is 39.3 Å². The lowest BCUT2D eigenvalue weighted by molar-refractivity contribution is -0.385. The predicted octanol–water partition coefficient (Wildman–Crippen LogP) is 5.98. The van der Waals surface area contributed by atoms with E-state index in [-0.39, 0.29) is 11.4 Å². The third-order valence-corrected chi connectivity index (χ3v) is 3.71. The van der Waals surface area contributed by atoms with Crippen LogP contribution in [0.4, 0.5) is 5.69 Å². The summed E-state index contributed by atoms with van der Waals surface area (Å²) in [4.78, 5) is 13.6. The minimum atomic E-state index is -0.659. The fourth-order valence-corrected chi connectivity index (χ4v) is 1.76. The molecule has 0 radical (unpaired) electrons. The van der Waals surface area contributed by atoms with Gasteiger partial charge < -0.3 is 4.74 Å².